The van der Waals surface area contributed by atoms with Gasteiger partial charge >= 0.3 is 0 Å². The summed E-state index contributed by atoms with van der Waals surface area (Å²) in [5.41, 5.74) is 6.72. The van der Waals surface area contributed by atoms with E-state index < -0.39 is 6.17 Å². The fraction of sp³-hybridized carbons (Fsp3) is 0.538. The van der Waals surface area contributed by atoms with Crippen molar-refractivity contribution in [2.75, 3.05) is 30.8 Å². The number of nitrogens with two attached hydrogens (primary N) is 1. The van der Waals surface area contributed by atoms with Gasteiger partial charge in [0, 0.05) is 26.9 Å². The number of piperidine rings is 1. The molecule has 1 aliphatic rings. The summed E-state index contributed by atoms with van der Waals surface area (Å²) >= 11 is 0. The van der Waals surface area contributed by atoms with E-state index in [0.717, 1.165) is 11.0 Å². The first-order chi connectivity index (χ1) is 9.60. The fourth-order valence-corrected chi connectivity index (χ4v) is 2.62. The molecule has 20 heavy (non-hydrogen) atoms. The maximum Gasteiger partial charge on any atom is 0.229 e. The second-order valence-electron chi connectivity index (χ2n) is 5.10. The van der Waals surface area contributed by atoms with E-state index in [0.29, 0.717) is 24.7 Å². The summed E-state index contributed by atoms with van der Waals surface area (Å²) in [7, 11) is 3.44. The second-order valence-corrected chi connectivity index (χ2v) is 5.10. The lowest BCUT2D eigenvalue weighted by molar-refractivity contribution is 0.0194. The Labute approximate surface area is 116 Å². The van der Waals surface area contributed by atoms with Crippen LogP contribution in [0.25, 0.3) is 11.0 Å². The minimum atomic E-state index is -1.04. The van der Waals surface area contributed by atoms with Crippen molar-refractivity contribution in [3.63, 3.8) is 0 Å². The number of anilines is 2. The topological polar surface area (TPSA) is 69.2 Å². The molecule has 1 fully saturated rings. The van der Waals surface area contributed by atoms with Crippen LogP contribution in [0.15, 0.2) is 12.3 Å². The van der Waals surface area contributed by atoms with Crippen molar-refractivity contribution < 1.29 is 9.13 Å². The lowest BCUT2D eigenvalue weighted by Crippen LogP contribution is -2.46. The molecule has 2 aromatic heterocycles. The van der Waals surface area contributed by atoms with E-state index >= 15 is 0 Å². The van der Waals surface area contributed by atoms with Gasteiger partial charge in [-0.05, 0) is 12.5 Å². The number of fused-ring (bicyclic) bond motifs is 1. The first-order valence-corrected chi connectivity index (χ1v) is 6.60. The van der Waals surface area contributed by atoms with Crippen LogP contribution in [-0.2, 0) is 11.8 Å². The summed E-state index contributed by atoms with van der Waals surface area (Å²) in [6.07, 6.45) is 1.12. The van der Waals surface area contributed by atoms with E-state index in [2.05, 4.69) is 9.97 Å². The number of alkyl halides is 1. The molecule has 0 amide bonds. The average molecular weight is 279 g/mol. The van der Waals surface area contributed by atoms with Gasteiger partial charge in [0.1, 0.15) is 17.6 Å². The molecule has 6 nitrogen and oxygen atoms in total. The number of nitrogen functional groups attached to an aromatic ring is 1. The van der Waals surface area contributed by atoms with Crippen LogP contribution in [0, 0.1) is 0 Å². The number of nitrogens with zero attached hydrogens (tertiary/aromatic N) is 4. The number of methoxy groups -OCH3 is 1. The van der Waals surface area contributed by atoms with Gasteiger partial charge in [-0.3, -0.25) is 0 Å². The molecule has 2 atom stereocenters. The summed E-state index contributed by atoms with van der Waals surface area (Å²) in [5.74, 6) is 0.906. The molecular weight excluding hydrogens is 261 g/mol. The van der Waals surface area contributed by atoms with Crippen molar-refractivity contribution in [1.82, 2.24) is 14.5 Å². The molecule has 0 spiro atoms. The Balaban J connectivity index is 1.93. The van der Waals surface area contributed by atoms with Crippen LogP contribution in [0.4, 0.5) is 16.2 Å². The summed E-state index contributed by atoms with van der Waals surface area (Å²) < 4.78 is 21.0. The number of rotatable bonds is 2. The minimum absolute atomic E-state index is 0.230. The first kappa shape index (κ1) is 13.1. The molecule has 7 heteroatoms. The van der Waals surface area contributed by atoms with E-state index in [1.54, 1.807) is 0 Å². The Morgan fingerprint density at radius 1 is 1.45 bits per heavy atom. The van der Waals surface area contributed by atoms with Crippen LogP contribution in [0.5, 0.6) is 0 Å². The highest BCUT2D eigenvalue weighted by molar-refractivity contribution is 5.87. The molecule has 3 heterocycles. The number of hydrogen-bond acceptors (Lipinski definition) is 5. The van der Waals surface area contributed by atoms with Crippen LogP contribution in [0.3, 0.4) is 0 Å². The number of aromatic nitrogens is 3. The Bertz CT molecular complexity index is 628. The second kappa shape index (κ2) is 4.90. The van der Waals surface area contributed by atoms with Gasteiger partial charge in [-0.1, -0.05) is 0 Å². The molecule has 0 saturated carbocycles. The van der Waals surface area contributed by atoms with Crippen molar-refractivity contribution in [1.29, 1.82) is 0 Å². The van der Waals surface area contributed by atoms with Crippen LogP contribution in [0.2, 0.25) is 0 Å². The first-order valence-electron chi connectivity index (χ1n) is 6.60. The standard InChI is InChI=1S/C13H18FN5O/c1-18-5-3-8-11(15)16-13(17-12(8)18)19-6-4-10(20-2)9(14)7-19/h3,5,9-10H,4,6-7H2,1-2H3,(H2,15,16,17)/t9-,10+/m1/s1. The smallest absolute Gasteiger partial charge is 0.229 e. The number of hydrogen-bond donors (Lipinski definition) is 1. The zero-order chi connectivity index (χ0) is 14.3. The highest BCUT2D eigenvalue weighted by Gasteiger charge is 2.30. The maximum absolute atomic E-state index is 14.0. The Hall–Kier alpha value is -1.89. The predicted molar refractivity (Wildman–Crippen MR) is 75.4 cm³/mol. The van der Waals surface area contributed by atoms with Crippen LogP contribution >= 0.6 is 0 Å². The molecule has 1 saturated heterocycles. The molecule has 3 rings (SSSR count). The third kappa shape index (κ3) is 2.07. The maximum atomic E-state index is 14.0. The van der Waals surface area contributed by atoms with Crippen LogP contribution in [0.1, 0.15) is 6.42 Å². The normalized spacial score (nSPS) is 23.4. The van der Waals surface area contributed by atoms with Crippen LogP contribution < -0.4 is 10.6 Å². The van der Waals surface area contributed by atoms with Gasteiger partial charge in [0.25, 0.3) is 0 Å². The Morgan fingerprint density at radius 3 is 2.95 bits per heavy atom. The third-order valence-corrected chi connectivity index (χ3v) is 3.81. The molecule has 108 valence electrons. The van der Waals surface area contributed by atoms with E-state index in [1.807, 2.05) is 28.8 Å². The largest absolute Gasteiger partial charge is 0.383 e. The van der Waals surface area contributed by atoms with Crippen molar-refractivity contribution in [3.05, 3.63) is 12.3 Å². The van der Waals surface area contributed by atoms with Crippen molar-refractivity contribution in [3.8, 4) is 0 Å². The quantitative estimate of drug-likeness (QED) is 0.892. The molecule has 2 N–H and O–H groups in total. The average Bonchev–Trinajstić information content (AvgIpc) is 2.81. The van der Waals surface area contributed by atoms with Gasteiger partial charge < -0.3 is 19.9 Å². The summed E-state index contributed by atoms with van der Waals surface area (Å²) in [4.78, 5) is 10.6. The third-order valence-electron chi connectivity index (χ3n) is 3.81. The zero-order valence-electron chi connectivity index (χ0n) is 11.6. The predicted octanol–water partition coefficient (Wildman–Crippen LogP) is 1.11. The molecular formula is C13H18FN5O. The molecule has 0 aromatic carbocycles. The Kier molecular flexibility index (Phi) is 3.21. The lowest BCUT2D eigenvalue weighted by atomic mass is 10.1. The number of ether oxygens (including phenoxy) is 1. The van der Waals surface area contributed by atoms with Gasteiger partial charge in [-0.2, -0.15) is 9.97 Å². The van der Waals surface area contributed by atoms with Gasteiger partial charge in [0.05, 0.1) is 18.0 Å². The van der Waals surface area contributed by atoms with E-state index in [4.69, 9.17) is 10.5 Å². The number of aryl methyl sites for hydroxylation is 1. The fourth-order valence-electron chi connectivity index (χ4n) is 2.62. The highest BCUT2D eigenvalue weighted by Crippen LogP contribution is 2.25. The lowest BCUT2D eigenvalue weighted by Gasteiger charge is -2.33. The van der Waals surface area contributed by atoms with Gasteiger partial charge in [0.2, 0.25) is 5.95 Å². The molecule has 0 aliphatic carbocycles. The summed E-state index contributed by atoms with van der Waals surface area (Å²) in [5, 5.41) is 0.819. The van der Waals surface area contributed by atoms with Crippen molar-refractivity contribution in [2.45, 2.75) is 18.7 Å². The van der Waals surface area contributed by atoms with E-state index in [9.17, 15) is 4.39 Å². The molecule has 0 unspecified atom stereocenters. The minimum Gasteiger partial charge on any atom is -0.383 e. The van der Waals surface area contributed by atoms with Gasteiger partial charge in [0.15, 0.2) is 0 Å². The molecule has 0 radical (unpaired) electrons. The van der Waals surface area contributed by atoms with E-state index in [-0.39, 0.29) is 12.6 Å². The monoisotopic (exact) mass is 279 g/mol. The van der Waals surface area contributed by atoms with Gasteiger partial charge in [-0.15, -0.1) is 0 Å². The SMILES string of the molecule is CO[C@H]1CCN(c2nc(N)c3ccn(C)c3n2)C[C@H]1F. The van der Waals surface area contributed by atoms with Crippen molar-refractivity contribution >= 4 is 22.8 Å². The highest BCUT2D eigenvalue weighted by atomic mass is 19.1. The molecule has 1 aliphatic heterocycles. The number of halogens is 1. The van der Waals surface area contributed by atoms with Crippen molar-refractivity contribution in [2.24, 2.45) is 7.05 Å². The zero-order valence-corrected chi connectivity index (χ0v) is 11.6. The summed E-state index contributed by atoms with van der Waals surface area (Å²) in [6, 6.07) is 1.88. The van der Waals surface area contributed by atoms with Gasteiger partial charge in [-0.25, -0.2) is 4.39 Å². The van der Waals surface area contributed by atoms with E-state index in [1.165, 1.54) is 7.11 Å². The van der Waals surface area contributed by atoms with Crippen LogP contribution in [-0.4, -0.2) is 47.0 Å². The molecule has 0 bridgehead atoms. The summed E-state index contributed by atoms with van der Waals surface area (Å²) in [6.45, 7) is 0.891. The molecule has 2 aromatic rings. The Morgan fingerprint density at radius 2 is 2.25 bits per heavy atom.